The fourth-order valence-corrected chi connectivity index (χ4v) is 3.37. The summed E-state index contributed by atoms with van der Waals surface area (Å²) < 4.78 is 0. The number of carbonyl (C=O) groups excluding carboxylic acids is 2. The van der Waals surface area contributed by atoms with Crippen molar-refractivity contribution in [3.05, 3.63) is 95.7 Å². The van der Waals surface area contributed by atoms with Gasteiger partial charge in [0.1, 0.15) is 5.84 Å². The highest BCUT2D eigenvalue weighted by Gasteiger charge is 2.50. The van der Waals surface area contributed by atoms with Gasteiger partial charge in [0, 0.05) is 18.2 Å². The van der Waals surface area contributed by atoms with Crippen LogP contribution in [0.2, 0.25) is 0 Å². The van der Waals surface area contributed by atoms with Crippen LogP contribution in [0.1, 0.15) is 29.3 Å². The van der Waals surface area contributed by atoms with E-state index < -0.39 is 5.54 Å². The van der Waals surface area contributed by atoms with Crippen molar-refractivity contribution >= 4 is 17.5 Å². The third-order valence-corrected chi connectivity index (χ3v) is 4.73. The Balaban J connectivity index is 1.81. The molecule has 0 aliphatic carbocycles. The predicted octanol–water partition coefficient (Wildman–Crippen LogP) is 3.87. The molecule has 0 radical (unpaired) electrons. The molecular weight excluding hydrogens is 324 g/mol. The average molecular weight is 342 g/mol. The van der Waals surface area contributed by atoms with Gasteiger partial charge in [0.2, 0.25) is 0 Å². The Hall–Kier alpha value is -3.27. The standard InChI is InChI=1S/C22H18N2O2/c1-16-12-13-24-20(14-16)23-22(21(24)26,18-10-6-3-7-11-18)15-19(25)17-8-4-2-5-9-17/h2-14H,15H2,1H3. The minimum atomic E-state index is -1.23. The summed E-state index contributed by atoms with van der Waals surface area (Å²) in [6.45, 7) is 1.96. The number of fused-ring (bicyclic) bond motifs is 1. The molecule has 128 valence electrons. The van der Waals surface area contributed by atoms with Crippen LogP contribution < -0.4 is 0 Å². The summed E-state index contributed by atoms with van der Waals surface area (Å²) in [6, 6.07) is 18.4. The molecule has 4 rings (SSSR count). The van der Waals surface area contributed by atoms with Gasteiger partial charge < -0.3 is 0 Å². The number of amides is 1. The number of nitrogens with zero attached hydrogens (tertiary/aromatic N) is 2. The Labute approximate surface area is 152 Å². The monoisotopic (exact) mass is 342 g/mol. The van der Waals surface area contributed by atoms with E-state index in [1.54, 1.807) is 18.3 Å². The van der Waals surface area contributed by atoms with Gasteiger partial charge in [0.25, 0.3) is 5.91 Å². The lowest BCUT2D eigenvalue weighted by Gasteiger charge is -2.25. The van der Waals surface area contributed by atoms with Crippen LogP contribution in [0.4, 0.5) is 0 Å². The highest BCUT2D eigenvalue weighted by molar-refractivity contribution is 6.16. The first-order chi connectivity index (χ1) is 12.6. The second kappa shape index (κ2) is 6.23. The highest BCUT2D eigenvalue weighted by Crippen LogP contribution is 2.39. The molecule has 0 N–H and O–H groups in total. The molecule has 1 atom stereocenters. The largest absolute Gasteiger partial charge is 0.294 e. The summed E-state index contributed by atoms with van der Waals surface area (Å²) in [4.78, 5) is 32.5. The number of allylic oxidation sites excluding steroid dienone is 2. The number of rotatable bonds is 4. The van der Waals surface area contributed by atoms with Crippen LogP contribution in [0.25, 0.3) is 0 Å². The van der Waals surface area contributed by atoms with E-state index in [9.17, 15) is 9.59 Å². The molecule has 2 aliphatic rings. The number of Topliss-reactive ketones (excluding diaryl/α,β-unsaturated/α-hetero) is 1. The molecule has 1 unspecified atom stereocenters. The second-order valence-electron chi connectivity index (χ2n) is 6.54. The van der Waals surface area contributed by atoms with Gasteiger partial charge in [-0.15, -0.1) is 0 Å². The maximum absolute atomic E-state index is 13.3. The fraction of sp³-hybridized carbons (Fsp3) is 0.136. The summed E-state index contributed by atoms with van der Waals surface area (Å²) in [5.74, 6) is 0.291. The Bertz CT molecular complexity index is 958. The summed E-state index contributed by atoms with van der Waals surface area (Å²) in [5.41, 5.74) is 1.11. The molecule has 2 heterocycles. The average Bonchev–Trinajstić information content (AvgIpc) is 2.95. The SMILES string of the molecule is CC1=CC2=NC(CC(=O)c3ccccc3)(c3ccccc3)C(=O)N2C=C1. The number of benzene rings is 2. The topological polar surface area (TPSA) is 49.7 Å². The van der Waals surface area contributed by atoms with Crippen LogP contribution in [0, 0.1) is 0 Å². The molecule has 0 aromatic heterocycles. The zero-order chi connectivity index (χ0) is 18.1. The zero-order valence-electron chi connectivity index (χ0n) is 14.4. The number of ketones is 1. The highest BCUT2D eigenvalue weighted by atomic mass is 16.2. The molecule has 26 heavy (non-hydrogen) atoms. The molecular formula is C22H18N2O2. The minimum Gasteiger partial charge on any atom is -0.294 e. The third kappa shape index (κ3) is 2.60. The van der Waals surface area contributed by atoms with E-state index in [0.717, 1.165) is 11.1 Å². The molecule has 2 aromatic carbocycles. The normalized spacial score (nSPS) is 21.3. The first-order valence-electron chi connectivity index (χ1n) is 8.54. The van der Waals surface area contributed by atoms with E-state index in [2.05, 4.69) is 0 Å². The van der Waals surface area contributed by atoms with Gasteiger partial charge in [-0.05, 0) is 30.2 Å². The number of hydrogen-bond acceptors (Lipinski definition) is 3. The maximum Gasteiger partial charge on any atom is 0.265 e. The predicted molar refractivity (Wildman–Crippen MR) is 101 cm³/mol. The summed E-state index contributed by atoms with van der Waals surface area (Å²) >= 11 is 0. The summed E-state index contributed by atoms with van der Waals surface area (Å²) in [5, 5.41) is 0. The first-order valence-corrected chi connectivity index (χ1v) is 8.54. The number of hydrogen-bond donors (Lipinski definition) is 0. The molecule has 4 heteroatoms. The molecule has 4 nitrogen and oxygen atoms in total. The van der Waals surface area contributed by atoms with Gasteiger partial charge >= 0.3 is 0 Å². The Morgan fingerprint density at radius 3 is 2.38 bits per heavy atom. The van der Waals surface area contributed by atoms with Gasteiger partial charge in [-0.2, -0.15) is 0 Å². The lowest BCUT2D eigenvalue weighted by molar-refractivity contribution is -0.129. The first kappa shape index (κ1) is 16.2. The van der Waals surface area contributed by atoms with E-state index in [1.807, 2.05) is 67.6 Å². The van der Waals surface area contributed by atoms with Crippen molar-refractivity contribution in [3.8, 4) is 0 Å². The van der Waals surface area contributed by atoms with Crippen molar-refractivity contribution in [2.45, 2.75) is 18.9 Å². The summed E-state index contributed by atoms with van der Waals surface area (Å²) in [6.07, 6.45) is 5.47. The fourth-order valence-electron chi connectivity index (χ4n) is 3.37. The van der Waals surface area contributed by atoms with Gasteiger partial charge in [0.05, 0.1) is 0 Å². The van der Waals surface area contributed by atoms with E-state index in [0.29, 0.717) is 11.4 Å². The lowest BCUT2D eigenvalue weighted by atomic mass is 9.83. The number of amidine groups is 1. The maximum atomic E-state index is 13.3. The molecule has 2 aromatic rings. The Kier molecular flexibility index (Phi) is 3.88. The molecule has 0 spiro atoms. The van der Waals surface area contributed by atoms with Crippen molar-refractivity contribution in [1.29, 1.82) is 0 Å². The Morgan fingerprint density at radius 2 is 1.69 bits per heavy atom. The van der Waals surface area contributed by atoms with Crippen molar-refractivity contribution in [1.82, 2.24) is 4.90 Å². The van der Waals surface area contributed by atoms with E-state index in [1.165, 1.54) is 4.90 Å². The van der Waals surface area contributed by atoms with E-state index >= 15 is 0 Å². The van der Waals surface area contributed by atoms with Gasteiger partial charge in [-0.3, -0.25) is 14.5 Å². The Morgan fingerprint density at radius 1 is 1.04 bits per heavy atom. The van der Waals surface area contributed by atoms with Crippen LogP contribution in [-0.4, -0.2) is 22.4 Å². The molecule has 1 amide bonds. The van der Waals surface area contributed by atoms with Crippen molar-refractivity contribution in [2.75, 3.05) is 0 Å². The number of aliphatic imine (C=N–C) groups is 1. The molecule has 2 aliphatic heterocycles. The molecule has 0 fully saturated rings. The van der Waals surface area contributed by atoms with Crippen LogP contribution in [0.15, 0.2) is 89.6 Å². The minimum absolute atomic E-state index is 0.000583. The van der Waals surface area contributed by atoms with Gasteiger partial charge in [0.15, 0.2) is 11.3 Å². The van der Waals surface area contributed by atoms with Crippen LogP contribution in [0.3, 0.4) is 0 Å². The van der Waals surface area contributed by atoms with Crippen molar-refractivity contribution in [2.24, 2.45) is 4.99 Å². The lowest BCUT2D eigenvalue weighted by Crippen LogP contribution is -2.40. The quantitative estimate of drug-likeness (QED) is 0.792. The van der Waals surface area contributed by atoms with E-state index in [-0.39, 0.29) is 18.1 Å². The number of carbonyl (C=O) groups is 2. The van der Waals surface area contributed by atoms with Crippen molar-refractivity contribution in [3.63, 3.8) is 0 Å². The van der Waals surface area contributed by atoms with Crippen LogP contribution >= 0.6 is 0 Å². The van der Waals surface area contributed by atoms with Crippen molar-refractivity contribution < 1.29 is 9.59 Å². The van der Waals surface area contributed by atoms with Crippen LogP contribution in [-0.2, 0) is 10.3 Å². The molecule has 0 saturated carbocycles. The van der Waals surface area contributed by atoms with E-state index in [4.69, 9.17) is 4.99 Å². The third-order valence-electron chi connectivity index (χ3n) is 4.73. The van der Waals surface area contributed by atoms with Gasteiger partial charge in [-0.25, -0.2) is 4.99 Å². The van der Waals surface area contributed by atoms with Crippen LogP contribution in [0.5, 0.6) is 0 Å². The summed E-state index contributed by atoms with van der Waals surface area (Å²) in [7, 11) is 0. The smallest absolute Gasteiger partial charge is 0.265 e. The van der Waals surface area contributed by atoms with Gasteiger partial charge in [-0.1, -0.05) is 60.7 Å². The molecule has 0 bridgehead atoms. The second-order valence-corrected chi connectivity index (χ2v) is 6.54. The zero-order valence-corrected chi connectivity index (χ0v) is 14.4. The molecule has 0 saturated heterocycles.